The van der Waals surface area contributed by atoms with E-state index in [-0.39, 0.29) is 12.5 Å². The van der Waals surface area contributed by atoms with Gasteiger partial charge in [0.2, 0.25) is 5.91 Å². The number of benzene rings is 1. The molecule has 0 aromatic heterocycles. The molecular weight excluding hydrogens is 287 g/mol. The van der Waals surface area contributed by atoms with Gasteiger partial charge in [-0.3, -0.25) is 4.79 Å². The number of rotatable bonds is 5. The molecular formula is C13H16Cl2N2O2. The second kappa shape index (κ2) is 6.57. The largest absolute Gasteiger partial charge is 0.396 e. The Bertz CT molecular complexity index is 442. The number of para-hydroxylation sites is 1. The molecule has 1 heterocycles. The Morgan fingerprint density at radius 2 is 2.00 bits per heavy atom. The van der Waals surface area contributed by atoms with Gasteiger partial charge in [0.05, 0.1) is 15.7 Å². The molecule has 0 aliphatic carbocycles. The maximum Gasteiger partial charge on any atom is 0.225 e. The van der Waals surface area contributed by atoms with Gasteiger partial charge in [-0.2, -0.15) is 0 Å². The van der Waals surface area contributed by atoms with Gasteiger partial charge in [0, 0.05) is 38.6 Å². The van der Waals surface area contributed by atoms with Crippen molar-refractivity contribution in [2.45, 2.75) is 6.42 Å². The second-order valence-corrected chi connectivity index (χ2v) is 5.52. The van der Waals surface area contributed by atoms with E-state index >= 15 is 0 Å². The fraction of sp³-hybridized carbons (Fsp3) is 0.462. The quantitative estimate of drug-likeness (QED) is 0.877. The SMILES string of the molecule is O=C(CCN1CC(CO)C1)Nc1c(Cl)cccc1Cl. The van der Waals surface area contributed by atoms with Crippen LogP contribution in [0.2, 0.25) is 10.0 Å². The van der Waals surface area contributed by atoms with Crippen molar-refractivity contribution >= 4 is 34.8 Å². The fourth-order valence-corrected chi connectivity index (χ4v) is 2.55. The van der Waals surface area contributed by atoms with E-state index in [0.29, 0.717) is 34.6 Å². The molecule has 0 unspecified atom stereocenters. The molecule has 1 aliphatic rings. The van der Waals surface area contributed by atoms with Crippen LogP contribution in [-0.2, 0) is 4.79 Å². The van der Waals surface area contributed by atoms with Crippen molar-refractivity contribution in [1.29, 1.82) is 0 Å². The smallest absolute Gasteiger partial charge is 0.225 e. The minimum absolute atomic E-state index is 0.109. The number of carbonyl (C=O) groups is 1. The predicted octanol–water partition coefficient (Wildman–Crippen LogP) is 2.25. The highest BCUT2D eigenvalue weighted by Gasteiger charge is 2.25. The lowest BCUT2D eigenvalue weighted by Crippen LogP contribution is -2.49. The van der Waals surface area contributed by atoms with Crippen LogP contribution in [0.1, 0.15) is 6.42 Å². The first-order valence-corrected chi connectivity index (χ1v) is 6.93. The third-order valence-corrected chi connectivity index (χ3v) is 3.80. The lowest BCUT2D eigenvalue weighted by atomic mass is 10.0. The van der Waals surface area contributed by atoms with E-state index in [4.69, 9.17) is 28.3 Å². The molecule has 0 bridgehead atoms. The molecule has 6 heteroatoms. The van der Waals surface area contributed by atoms with Crippen molar-refractivity contribution in [3.63, 3.8) is 0 Å². The van der Waals surface area contributed by atoms with E-state index < -0.39 is 0 Å². The molecule has 19 heavy (non-hydrogen) atoms. The Labute approximate surface area is 122 Å². The third-order valence-electron chi connectivity index (χ3n) is 3.17. The van der Waals surface area contributed by atoms with Crippen LogP contribution in [-0.4, -0.2) is 42.2 Å². The van der Waals surface area contributed by atoms with Crippen molar-refractivity contribution in [3.05, 3.63) is 28.2 Å². The summed E-state index contributed by atoms with van der Waals surface area (Å²) in [5.41, 5.74) is 0.465. The van der Waals surface area contributed by atoms with Gasteiger partial charge in [-0.25, -0.2) is 0 Å². The van der Waals surface area contributed by atoms with Gasteiger partial charge in [-0.1, -0.05) is 29.3 Å². The summed E-state index contributed by atoms with van der Waals surface area (Å²) < 4.78 is 0. The highest BCUT2D eigenvalue weighted by Crippen LogP contribution is 2.29. The van der Waals surface area contributed by atoms with Gasteiger partial charge in [0.1, 0.15) is 0 Å². The van der Waals surface area contributed by atoms with Crippen LogP contribution in [0.25, 0.3) is 0 Å². The number of anilines is 1. The Kier molecular flexibility index (Phi) is 5.05. The average Bonchev–Trinajstić information content (AvgIpc) is 2.32. The third kappa shape index (κ3) is 3.83. The Morgan fingerprint density at radius 1 is 1.37 bits per heavy atom. The summed E-state index contributed by atoms with van der Waals surface area (Å²) in [4.78, 5) is 13.9. The molecule has 0 saturated carbocycles. The second-order valence-electron chi connectivity index (χ2n) is 4.70. The summed E-state index contributed by atoms with van der Waals surface area (Å²) in [6.07, 6.45) is 0.389. The molecule has 2 N–H and O–H groups in total. The number of halogens is 2. The van der Waals surface area contributed by atoms with E-state index in [0.717, 1.165) is 13.1 Å². The summed E-state index contributed by atoms with van der Waals surface area (Å²) in [6.45, 7) is 2.62. The first kappa shape index (κ1) is 14.6. The normalized spacial score (nSPS) is 16.2. The van der Waals surface area contributed by atoms with Gasteiger partial charge in [0.15, 0.2) is 0 Å². The molecule has 0 radical (unpaired) electrons. The van der Waals surface area contributed by atoms with Crippen LogP contribution in [0, 0.1) is 5.92 Å². The molecule has 1 aromatic carbocycles. The maximum atomic E-state index is 11.8. The fourth-order valence-electron chi connectivity index (χ4n) is 2.05. The first-order valence-electron chi connectivity index (χ1n) is 6.17. The Morgan fingerprint density at radius 3 is 2.58 bits per heavy atom. The van der Waals surface area contributed by atoms with E-state index in [1.807, 2.05) is 0 Å². The van der Waals surface area contributed by atoms with Crippen molar-refractivity contribution in [2.24, 2.45) is 5.92 Å². The minimum Gasteiger partial charge on any atom is -0.396 e. The lowest BCUT2D eigenvalue weighted by Gasteiger charge is -2.38. The summed E-state index contributed by atoms with van der Waals surface area (Å²) >= 11 is 12.0. The zero-order valence-electron chi connectivity index (χ0n) is 10.4. The van der Waals surface area contributed by atoms with Gasteiger partial charge >= 0.3 is 0 Å². The van der Waals surface area contributed by atoms with E-state index in [1.54, 1.807) is 18.2 Å². The molecule has 4 nitrogen and oxygen atoms in total. The molecule has 104 valence electrons. The molecule has 0 spiro atoms. The number of amides is 1. The van der Waals surface area contributed by atoms with Gasteiger partial charge in [-0.05, 0) is 12.1 Å². The summed E-state index contributed by atoms with van der Waals surface area (Å²) in [5, 5.41) is 12.5. The minimum atomic E-state index is -0.109. The van der Waals surface area contributed by atoms with Crippen LogP contribution in [0.4, 0.5) is 5.69 Å². The number of hydrogen-bond acceptors (Lipinski definition) is 3. The van der Waals surface area contributed by atoms with Gasteiger partial charge in [0.25, 0.3) is 0 Å². The first-order chi connectivity index (χ1) is 9.10. The van der Waals surface area contributed by atoms with Gasteiger partial charge in [-0.15, -0.1) is 0 Å². The number of likely N-dealkylation sites (tertiary alicyclic amines) is 1. The van der Waals surface area contributed by atoms with Crippen molar-refractivity contribution in [3.8, 4) is 0 Å². The number of nitrogens with zero attached hydrogens (tertiary/aromatic N) is 1. The number of aliphatic hydroxyl groups excluding tert-OH is 1. The molecule has 0 atom stereocenters. The van der Waals surface area contributed by atoms with Gasteiger partial charge < -0.3 is 15.3 Å². The Hall–Kier alpha value is -0.810. The summed E-state index contributed by atoms with van der Waals surface area (Å²) in [6, 6.07) is 5.10. The highest BCUT2D eigenvalue weighted by atomic mass is 35.5. The van der Waals surface area contributed by atoms with Crippen LogP contribution < -0.4 is 5.32 Å². The van der Waals surface area contributed by atoms with E-state index in [2.05, 4.69) is 10.2 Å². The topological polar surface area (TPSA) is 52.6 Å². The monoisotopic (exact) mass is 302 g/mol. The predicted molar refractivity (Wildman–Crippen MR) is 76.7 cm³/mol. The van der Waals surface area contributed by atoms with Crippen molar-refractivity contribution in [1.82, 2.24) is 4.90 Å². The summed E-state index contributed by atoms with van der Waals surface area (Å²) in [5.74, 6) is 0.253. The van der Waals surface area contributed by atoms with Crippen LogP contribution in [0.5, 0.6) is 0 Å². The van der Waals surface area contributed by atoms with Crippen molar-refractivity contribution < 1.29 is 9.90 Å². The van der Waals surface area contributed by atoms with Crippen LogP contribution in [0.3, 0.4) is 0 Å². The molecule has 1 aromatic rings. The number of aliphatic hydroxyl groups is 1. The van der Waals surface area contributed by atoms with Crippen molar-refractivity contribution in [2.75, 3.05) is 31.6 Å². The molecule has 1 amide bonds. The summed E-state index contributed by atoms with van der Waals surface area (Å²) in [7, 11) is 0. The number of hydrogen-bond donors (Lipinski definition) is 2. The van der Waals surface area contributed by atoms with E-state index in [9.17, 15) is 4.79 Å². The Balaban J connectivity index is 1.79. The van der Waals surface area contributed by atoms with Crippen LogP contribution in [0.15, 0.2) is 18.2 Å². The zero-order chi connectivity index (χ0) is 13.8. The van der Waals surface area contributed by atoms with Crippen LogP contribution >= 0.6 is 23.2 Å². The standard InChI is InChI=1S/C13H16Cl2N2O2/c14-10-2-1-3-11(15)13(10)16-12(19)4-5-17-6-9(7-17)8-18/h1-3,9,18H,4-8H2,(H,16,19). The van der Waals surface area contributed by atoms with E-state index in [1.165, 1.54) is 0 Å². The molecule has 1 aliphatic heterocycles. The average molecular weight is 303 g/mol. The number of nitrogens with one attached hydrogen (secondary N) is 1. The zero-order valence-corrected chi connectivity index (χ0v) is 11.9. The lowest BCUT2D eigenvalue weighted by molar-refractivity contribution is -0.116. The molecule has 1 fully saturated rings. The molecule has 1 saturated heterocycles. The molecule has 2 rings (SSSR count). The maximum absolute atomic E-state index is 11.8. The highest BCUT2D eigenvalue weighted by molar-refractivity contribution is 6.39. The number of carbonyl (C=O) groups excluding carboxylic acids is 1.